The monoisotopic (exact) mass is 697 g/mol. The molecule has 4 aromatic heterocycles. The minimum atomic E-state index is -0.207. The van der Waals surface area contributed by atoms with E-state index in [1.807, 2.05) is 30.5 Å². The predicted octanol–water partition coefficient (Wildman–Crippen LogP) is 12.0. The van der Waals surface area contributed by atoms with Gasteiger partial charge in [-0.05, 0) is 70.8 Å². The van der Waals surface area contributed by atoms with Crippen LogP contribution in [0.3, 0.4) is 0 Å². The van der Waals surface area contributed by atoms with E-state index in [0.717, 1.165) is 38.9 Å². The summed E-state index contributed by atoms with van der Waals surface area (Å²) in [5, 5.41) is 4.84. The maximum absolute atomic E-state index is 5.22. The number of para-hydroxylation sites is 1. The van der Waals surface area contributed by atoms with Crippen LogP contribution >= 0.6 is 11.3 Å². The fourth-order valence-electron chi connectivity index (χ4n) is 8.34. The lowest BCUT2D eigenvalue weighted by Crippen LogP contribution is -2.15. The summed E-state index contributed by atoms with van der Waals surface area (Å²) in [5.41, 5.74) is 11.0. The zero-order valence-corrected chi connectivity index (χ0v) is 29.9. The van der Waals surface area contributed by atoms with Gasteiger partial charge in [-0.15, -0.1) is 11.3 Å². The molecule has 0 bridgehead atoms. The number of aromatic nitrogens is 5. The number of hydrogen-bond acceptors (Lipinski definition) is 5. The average Bonchev–Trinajstić information content (AvgIpc) is 3.83. The third-order valence-corrected chi connectivity index (χ3v) is 12.1. The van der Waals surface area contributed by atoms with Crippen molar-refractivity contribution in [3.8, 4) is 51.0 Å². The van der Waals surface area contributed by atoms with Gasteiger partial charge in [0.15, 0.2) is 17.5 Å². The molecule has 6 aromatic carbocycles. The Morgan fingerprint density at radius 1 is 0.509 bits per heavy atom. The van der Waals surface area contributed by atoms with Crippen molar-refractivity contribution in [3.05, 3.63) is 163 Å². The van der Waals surface area contributed by atoms with Crippen LogP contribution in [-0.2, 0) is 5.41 Å². The number of nitrogens with zero attached hydrogens (tertiary/aromatic N) is 5. The highest BCUT2D eigenvalue weighted by molar-refractivity contribution is 7.26. The van der Waals surface area contributed by atoms with Gasteiger partial charge in [0.25, 0.3) is 0 Å². The number of fused-ring (bicyclic) bond motifs is 9. The topological polar surface area (TPSA) is 56.5 Å². The molecule has 0 N–H and O–H groups in total. The number of hydrogen-bond donors (Lipinski definition) is 0. The van der Waals surface area contributed by atoms with E-state index >= 15 is 0 Å². The molecule has 0 aliphatic heterocycles. The van der Waals surface area contributed by atoms with Crippen LogP contribution in [0.4, 0.5) is 0 Å². The minimum Gasteiger partial charge on any atom is -0.294 e. The van der Waals surface area contributed by atoms with Crippen LogP contribution in [0.1, 0.15) is 25.0 Å². The molecule has 4 heterocycles. The first-order valence-corrected chi connectivity index (χ1v) is 18.7. The molecule has 10 aromatic rings. The molecule has 0 unspecified atom stereocenters. The number of thiophene rings is 1. The minimum absolute atomic E-state index is 0.207. The number of rotatable bonds is 4. The molecule has 1 aliphatic rings. The molecule has 0 saturated carbocycles. The summed E-state index contributed by atoms with van der Waals surface area (Å²) < 4.78 is 4.73. The quantitative estimate of drug-likeness (QED) is 0.184. The van der Waals surface area contributed by atoms with Gasteiger partial charge in [0.1, 0.15) is 5.65 Å². The Labute approximate surface area is 309 Å². The third kappa shape index (κ3) is 4.49. The van der Waals surface area contributed by atoms with Crippen LogP contribution in [0.2, 0.25) is 0 Å². The van der Waals surface area contributed by atoms with E-state index in [1.165, 1.54) is 47.8 Å². The summed E-state index contributed by atoms with van der Waals surface area (Å²) in [4.78, 5) is 20.3. The van der Waals surface area contributed by atoms with Crippen molar-refractivity contribution in [1.29, 1.82) is 0 Å². The van der Waals surface area contributed by atoms with Crippen molar-refractivity contribution < 1.29 is 0 Å². The van der Waals surface area contributed by atoms with Crippen LogP contribution in [0, 0.1) is 0 Å². The second-order valence-corrected chi connectivity index (χ2v) is 15.3. The summed E-state index contributed by atoms with van der Waals surface area (Å²) in [6.07, 6.45) is 1.88. The van der Waals surface area contributed by atoms with E-state index in [2.05, 4.69) is 140 Å². The first-order valence-electron chi connectivity index (χ1n) is 17.9. The van der Waals surface area contributed by atoms with E-state index in [-0.39, 0.29) is 5.41 Å². The van der Waals surface area contributed by atoms with Crippen molar-refractivity contribution in [3.63, 3.8) is 0 Å². The highest BCUT2D eigenvalue weighted by Gasteiger charge is 2.36. The van der Waals surface area contributed by atoms with E-state index in [1.54, 1.807) is 11.3 Å². The lowest BCUT2D eigenvalue weighted by atomic mass is 9.82. The fourth-order valence-corrected chi connectivity index (χ4v) is 9.55. The maximum Gasteiger partial charge on any atom is 0.165 e. The molecule has 11 rings (SSSR count). The van der Waals surface area contributed by atoms with Gasteiger partial charge in [-0.25, -0.2) is 19.9 Å². The Hall–Kier alpha value is -6.50. The van der Waals surface area contributed by atoms with Crippen LogP contribution in [-0.4, -0.2) is 24.5 Å². The molecule has 0 amide bonds. The molecule has 0 spiro atoms. The fraction of sp³-hybridized carbons (Fsp3) is 0.0638. The van der Waals surface area contributed by atoms with Crippen molar-refractivity contribution in [1.82, 2.24) is 24.5 Å². The maximum atomic E-state index is 5.22. The van der Waals surface area contributed by atoms with Gasteiger partial charge in [0.05, 0.1) is 5.52 Å². The van der Waals surface area contributed by atoms with Gasteiger partial charge in [-0.2, -0.15) is 0 Å². The Morgan fingerprint density at radius 3 is 2.13 bits per heavy atom. The molecule has 1 aliphatic carbocycles. The van der Waals surface area contributed by atoms with Crippen molar-refractivity contribution >= 4 is 53.4 Å². The molecule has 5 nitrogen and oxygen atoms in total. The molecule has 0 saturated heterocycles. The van der Waals surface area contributed by atoms with E-state index in [0.29, 0.717) is 17.5 Å². The molecule has 6 heteroatoms. The standard InChI is InChI=1S/C47H31N5S/c1-47(2)38-24-21-29(26-37(38)31-23-22-30(27-39(31)47)52-40-19-8-6-14-32(40)35-18-11-25-48-46(35)52)44-49-43(28-12-4-3-5-13-28)50-45(51-44)36-17-10-16-34-33-15-7-9-20-41(33)53-42(34)36/h3-27H,1-2H3. The molecule has 53 heavy (non-hydrogen) atoms. The second-order valence-electron chi connectivity index (χ2n) is 14.3. The van der Waals surface area contributed by atoms with Crippen LogP contribution in [0.25, 0.3) is 93.1 Å². The summed E-state index contributed by atoms with van der Waals surface area (Å²) in [7, 11) is 0. The molecule has 0 atom stereocenters. The largest absolute Gasteiger partial charge is 0.294 e. The van der Waals surface area contributed by atoms with Crippen molar-refractivity contribution in [2.75, 3.05) is 0 Å². The van der Waals surface area contributed by atoms with Crippen molar-refractivity contribution in [2.45, 2.75) is 19.3 Å². The van der Waals surface area contributed by atoms with E-state index < -0.39 is 0 Å². The van der Waals surface area contributed by atoms with Gasteiger partial charge in [-0.1, -0.05) is 111 Å². The summed E-state index contributed by atoms with van der Waals surface area (Å²) in [6, 6.07) is 51.6. The third-order valence-electron chi connectivity index (χ3n) is 10.9. The zero-order valence-electron chi connectivity index (χ0n) is 29.1. The highest BCUT2D eigenvalue weighted by atomic mass is 32.1. The number of pyridine rings is 1. The van der Waals surface area contributed by atoms with Crippen molar-refractivity contribution in [2.24, 2.45) is 0 Å². The SMILES string of the molecule is CC1(C)c2ccc(-c3nc(-c4ccccc4)nc(-c4cccc5c4sc4ccccc45)n3)cc2-c2ccc(-n3c4ccccc4c4cccnc43)cc21. The van der Waals surface area contributed by atoms with Gasteiger partial charge in [0, 0.05) is 64.9 Å². The second kappa shape index (κ2) is 11.2. The Balaban J connectivity index is 1.08. The summed E-state index contributed by atoms with van der Waals surface area (Å²) in [6.45, 7) is 4.65. The smallest absolute Gasteiger partial charge is 0.165 e. The first-order chi connectivity index (χ1) is 26.0. The van der Waals surface area contributed by atoms with Gasteiger partial charge < -0.3 is 0 Å². The Bertz CT molecular complexity index is 3050. The summed E-state index contributed by atoms with van der Waals surface area (Å²) in [5.74, 6) is 2.00. The molecular weight excluding hydrogens is 667 g/mol. The van der Waals surface area contributed by atoms with Crippen LogP contribution in [0.15, 0.2) is 152 Å². The Kier molecular flexibility index (Phi) is 6.40. The normalized spacial score (nSPS) is 13.2. The highest BCUT2D eigenvalue weighted by Crippen LogP contribution is 2.50. The molecular formula is C47H31N5S. The lowest BCUT2D eigenvalue weighted by Gasteiger charge is -2.22. The first kappa shape index (κ1) is 30.2. The van der Waals surface area contributed by atoms with Gasteiger partial charge in [-0.3, -0.25) is 4.57 Å². The zero-order chi connectivity index (χ0) is 35.3. The van der Waals surface area contributed by atoms with Gasteiger partial charge >= 0.3 is 0 Å². The average molecular weight is 698 g/mol. The van der Waals surface area contributed by atoms with E-state index in [4.69, 9.17) is 19.9 Å². The molecule has 250 valence electrons. The predicted molar refractivity (Wildman–Crippen MR) is 219 cm³/mol. The van der Waals surface area contributed by atoms with Crippen LogP contribution in [0.5, 0.6) is 0 Å². The molecule has 0 fully saturated rings. The van der Waals surface area contributed by atoms with E-state index in [9.17, 15) is 0 Å². The Morgan fingerprint density at radius 2 is 1.25 bits per heavy atom. The summed E-state index contributed by atoms with van der Waals surface area (Å²) >= 11 is 1.79. The molecule has 0 radical (unpaired) electrons. The van der Waals surface area contributed by atoms with Gasteiger partial charge in [0.2, 0.25) is 0 Å². The van der Waals surface area contributed by atoms with Crippen LogP contribution < -0.4 is 0 Å². The number of benzene rings is 6. The lowest BCUT2D eigenvalue weighted by molar-refractivity contribution is 0.660.